The number of aryl methyl sites for hydroxylation is 1. The van der Waals surface area contributed by atoms with Crippen LogP contribution in [-0.4, -0.2) is 9.91 Å². The van der Waals surface area contributed by atoms with Crippen LogP contribution in [0.1, 0.15) is 23.7 Å². The summed E-state index contributed by atoms with van der Waals surface area (Å²) >= 11 is 7.00. The number of halogens is 2. The van der Waals surface area contributed by atoms with E-state index in [-0.39, 0.29) is 22.4 Å². The highest BCUT2D eigenvalue weighted by Crippen LogP contribution is 2.33. The van der Waals surface area contributed by atoms with Gasteiger partial charge in [0.05, 0.1) is 16.0 Å². The number of benzene rings is 1. The summed E-state index contributed by atoms with van der Waals surface area (Å²) in [6.07, 6.45) is 0. The number of nitro benzene ring substituents is 1. The Bertz CT molecular complexity index is 662. The predicted molar refractivity (Wildman–Crippen MR) is 77.0 cm³/mol. The summed E-state index contributed by atoms with van der Waals surface area (Å²) < 4.78 is 13.5. The van der Waals surface area contributed by atoms with Crippen molar-refractivity contribution in [3.63, 3.8) is 0 Å². The minimum absolute atomic E-state index is 0.0808. The van der Waals surface area contributed by atoms with Gasteiger partial charge in [-0.15, -0.1) is 11.3 Å². The van der Waals surface area contributed by atoms with Crippen LogP contribution >= 0.6 is 22.9 Å². The molecule has 5 nitrogen and oxygen atoms in total. The fraction of sp³-hybridized carbons (Fsp3) is 0.250. The molecule has 106 valence electrons. The molecular weight excluding hydrogens is 305 g/mol. The summed E-state index contributed by atoms with van der Waals surface area (Å²) in [4.78, 5) is 14.7. The van der Waals surface area contributed by atoms with E-state index < -0.39 is 10.7 Å². The van der Waals surface area contributed by atoms with Crippen molar-refractivity contribution in [3.8, 4) is 0 Å². The molecule has 0 aliphatic carbocycles. The number of hydrogen-bond acceptors (Lipinski definition) is 5. The lowest BCUT2D eigenvalue weighted by Crippen LogP contribution is -2.08. The molecule has 0 saturated carbocycles. The maximum absolute atomic E-state index is 13.5. The Morgan fingerprint density at radius 3 is 2.80 bits per heavy atom. The Morgan fingerprint density at radius 2 is 2.25 bits per heavy atom. The maximum atomic E-state index is 13.5. The number of nitrogens with zero attached hydrogens (tertiary/aromatic N) is 2. The molecule has 0 bridgehead atoms. The first-order valence-corrected chi connectivity index (χ1v) is 6.96. The normalized spacial score (nSPS) is 12.2. The van der Waals surface area contributed by atoms with Crippen LogP contribution in [0.5, 0.6) is 0 Å². The molecule has 0 aliphatic rings. The Labute approximate surface area is 123 Å². The molecule has 0 aliphatic heterocycles. The Balaban J connectivity index is 2.33. The average molecular weight is 316 g/mol. The van der Waals surface area contributed by atoms with Gasteiger partial charge in [0, 0.05) is 23.2 Å². The van der Waals surface area contributed by atoms with Crippen molar-refractivity contribution in [2.75, 3.05) is 5.32 Å². The molecule has 0 saturated heterocycles. The van der Waals surface area contributed by atoms with E-state index >= 15 is 0 Å². The molecule has 1 N–H and O–H groups in total. The Morgan fingerprint density at radius 1 is 1.55 bits per heavy atom. The predicted octanol–water partition coefficient (Wildman–Crippen LogP) is 4.33. The number of anilines is 1. The van der Waals surface area contributed by atoms with E-state index in [0.29, 0.717) is 0 Å². The number of rotatable bonds is 4. The lowest BCUT2D eigenvalue weighted by atomic mass is 10.2. The van der Waals surface area contributed by atoms with Gasteiger partial charge in [0.15, 0.2) is 0 Å². The molecule has 0 amide bonds. The molecule has 2 aromatic rings. The summed E-state index contributed by atoms with van der Waals surface area (Å²) in [5.74, 6) is -0.706. The highest BCUT2D eigenvalue weighted by atomic mass is 35.5. The second-order valence-electron chi connectivity index (χ2n) is 4.23. The summed E-state index contributed by atoms with van der Waals surface area (Å²) in [5, 5.41) is 16.2. The van der Waals surface area contributed by atoms with Gasteiger partial charge in [-0.25, -0.2) is 9.37 Å². The minimum atomic E-state index is -0.706. The molecule has 0 fully saturated rings. The van der Waals surface area contributed by atoms with Crippen LogP contribution in [0.15, 0.2) is 17.5 Å². The van der Waals surface area contributed by atoms with Crippen LogP contribution < -0.4 is 5.32 Å². The van der Waals surface area contributed by atoms with E-state index in [9.17, 15) is 14.5 Å². The minimum Gasteiger partial charge on any atom is -0.370 e. The summed E-state index contributed by atoms with van der Waals surface area (Å²) in [6.45, 7) is 3.66. The van der Waals surface area contributed by atoms with Gasteiger partial charge >= 0.3 is 0 Å². The highest BCUT2D eigenvalue weighted by molar-refractivity contribution is 7.09. The zero-order chi connectivity index (χ0) is 14.9. The third-order valence-electron chi connectivity index (χ3n) is 2.61. The monoisotopic (exact) mass is 315 g/mol. The third-order valence-corrected chi connectivity index (χ3v) is 4.05. The van der Waals surface area contributed by atoms with Crippen LogP contribution in [0.2, 0.25) is 5.02 Å². The van der Waals surface area contributed by atoms with Gasteiger partial charge in [0.25, 0.3) is 5.69 Å². The number of thiazole rings is 1. The van der Waals surface area contributed by atoms with Crippen molar-refractivity contribution >= 4 is 34.3 Å². The fourth-order valence-corrected chi connectivity index (χ4v) is 2.63. The van der Waals surface area contributed by atoms with E-state index in [4.69, 9.17) is 11.6 Å². The molecule has 0 spiro atoms. The fourth-order valence-electron chi connectivity index (χ4n) is 1.67. The van der Waals surface area contributed by atoms with E-state index in [1.54, 1.807) is 6.92 Å². The van der Waals surface area contributed by atoms with Crippen LogP contribution in [0.3, 0.4) is 0 Å². The lowest BCUT2D eigenvalue weighted by Gasteiger charge is -2.13. The quantitative estimate of drug-likeness (QED) is 0.673. The highest BCUT2D eigenvalue weighted by Gasteiger charge is 2.20. The van der Waals surface area contributed by atoms with Crippen LogP contribution in [0.25, 0.3) is 0 Å². The molecule has 0 radical (unpaired) electrons. The molecule has 1 aromatic carbocycles. The van der Waals surface area contributed by atoms with Gasteiger partial charge in [-0.2, -0.15) is 0 Å². The first kappa shape index (κ1) is 14.7. The number of aromatic nitrogens is 1. The summed E-state index contributed by atoms with van der Waals surface area (Å²) in [5.41, 5.74) is 0.684. The SMILES string of the molecule is Cc1csc(C(C)Nc2cc(F)c(Cl)cc2[N+](=O)[O-])n1. The third kappa shape index (κ3) is 3.05. The van der Waals surface area contributed by atoms with E-state index in [1.807, 2.05) is 12.3 Å². The van der Waals surface area contributed by atoms with Crippen molar-refractivity contribution in [3.05, 3.63) is 49.2 Å². The van der Waals surface area contributed by atoms with E-state index in [0.717, 1.165) is 22.8 Å². The first-order valence-electron chi connectivity index (χ1n) is 5.70. The molecule has 1 aromatic heterocycles. The second kappa shape index (κ2) is 5.72. The van der Waals surface area contributed by atoms with E-state index in [1.165, 1.54) is 11.3 Å². The van der Waals surface area contributed by atoms with Crippen molar-refractivity contribution in [1.82, 2.24) is 4.98 Å². The number of nitro groups is 1. The lowest BCUT2D eigenvalue weighted by molar-refractivity contribution is -0.384. The Kier molecular flexibility index (Phi) is 4.20. The van der Waals surface area contributed by atoms with Crippen molar-refractivity contribution in [2.24, 2.45) is 0 Å². The van der Waals surface area contributed by atoms with Gasteiger partial charge in [0.2, 0.25) is 0 Å². The maximum Gasteiger partial charge on any atom is 0.294 e. The topological polar surface area (TPSA) is 68.1 Å². The molecule has 1 unspecified atom stereocenters. The molecule has 8 heteroatoms. The Hall–Kier alpha value is -1.73. The number of nitrogens with one attached hydrogen (secondary N) is 1. The second-order valence-corrected chi connectivity index (χ2v) is 5.53. The first-order chi connectivity index (χ1) is 9.38. The molecule has 1 atom stereocenters. The van der Waals surface area contributed by atoms with Crippen LogP contribution in [0.4, 0.5) is 15.8 Å². The molecular formula is C12H11ClFN3O2S. The van der Waals surface area contributed by atoms with Gasteiger partial charge in [-0.3, -0.25) is 10.1 Å². The van der Waals surface area contributed by atoms with Gasteiger partial charge in [-0.1, -0.05) is 11.6 Å². The summed E-state index contributed by atoms with van der Waals surface area (Å²) in [6, 6.07) is 1.75. The van der Waals surface area contributed by atoms with Crippen LogP contribution in [-0.2, 0) is 0 Å². The van der Waals surface area contributed by atoms with E-state index in [2.05, 4.69) is 10.3 Å². The van der Waals surface area contributed by atoms with Gasteiger partial charge in [-0.05, 0) is 13.8 Å². The van der Waals surface area contributed by atoms with Gasteiger partial charge in [0.1, 0.15) is 16.5 Å². The zero-order valence-corrected chi connectivity index (χ0v) is 12.3. The van der Waals surface area contributed by atoms with Crippen molar-refractivity contribution in [2.45, 2.75) is 19.9 Å². The van der Waals surface area contributed by atoms with Gasteiger partial charge < -0.3 is 5.32 Å². The molecule has 1 heterocycles. The molecule has 2 rings (SSSR count). The molecule has 20 heavy (non-hydrogen) atoms. The smallest absolute Gasteiger partial charge is 0.294 e. The largest absolute Gasteiger partial charge is 0.370 e. The average Bonchev–Trinajstić information content (AvgIpc) is 2.80. The van der Waals surface area contributed by atoms with Crippen molar-refractivity contribution < 1.29 is 9.31 Å². The standard InChI is InChI=1S/C12H11ClFN3O2S/c1-6-5-20-12(15-6)7(2)16-10-4-9(14)8(13)3-11(10)17(18)19/h3-5,7,16H,1-2H3. The van der Waals surface area contributed by atoms with Crippen molar-refractivity contribution in [1.29, 1.82) is 0 Å². The zero-order valence-electron chi connectivity index (χ0n) is 10.7. The van der Waals surface area contributed by atoms with Crippen LogP contribution in [0, 0.1) is 22.9 Å². The summed E-state index contributed by atoms with van der Waals surface area (Å²) in [7, 11) is 0. The number of hydrogen-bond donors (Lipinski definition) is 1.